The first-order valence-electron chi connectivity index (χ1n) is 9.40. The number of hydrogen-bond donors (Lipinski definition) is 2. The number of thiazole rings is 1. The summed E-state index contributed by atoms with van der Waals surface area (Å²) in [5, 5.41) is 6.52. The van der Waals surface area contributed by atoms with Crippen molar-refractivity contribution in [3.8, 4) is 10.4 Å². The average Bonchev–Trinajstić information content (AvgIpc) is 3.15. The third-order valence-electron chi connectivity index (χ3n) is 5.68. The smallest absolute Gasteiger partial charge is 0.280 e. The zero-order chi connectivity index (χ0) is 19.0. The zero-order valence-corrected chi connectivity index (χ0v) is 16.4. The molecule has 2 aromatic rings. The molecule has 1 aromatic carbocycles. The second kappa shape index (κ2) is 7.40. The van der Waals surface area contributed by atoms with Crippen LogP contribution in [0.1, 0.15) is 36.5 Å². The highest BCUT2D eigenvalue weighted by Crippen LogP contribution is 2.34. The van der Waals surface area contributed by atoms with Gasteiger partial charge in [0.25, 0.3) is 5.91 Å². The van der Waals surface area contributed by atoms with E-state index >= 15 is 0 Å². The molecule has 1 aromatic heterocycles. The predicted octanol–water partition coefficient (Wildman–Crippen LogP) is 2.98. The van der Waals surface area contributed by atoms with E-state index in [4.69, 9.17) is 0 Å². The van der Waals surface area contributed by atoms with Gasteiger partial charge in [0.2, 0.25) is 5.91 Å². The molecule has 5 rings (SSSR count). The van der Waals surface area contributed by atoms with Crippen LogP contribution in [0.4, 0.5) is 5.69 Å². The van der Waals surface area contributed by atoms with Crippen LogP contribution in [0, 0.1) is 5.92 Å². The number of aromatic nitrogens is 1. The molecule has 0 aliphatic carbocycles. The van der Waals surface area contributed by atoms with Crippen LogP contribution in [-0.4, -0.2) is 46.9 Å². The molecule has 4 heterocycles. The number of carbonyl (C=O) groups is 2. The van der Waals surface area contributed by atoms with Gasteiger partial charge in [0.1, 0.15) is 0 Å². The van der Waals surface area contributed by atoms with Gasteiger partial charge in [0, 0.05) is 36.5 Å². The van der Waals surface area contributed by atoms with Crippen molar-refractivity contribution in [2.45, 2.75) is 38.8 Å². The molecule has 7 heteroatoms. The molecule has 2 atom stereocenters. The minimum Gasteiger partial charge on any atom is -0.345 e. The summed E-state index contributed by atoms with van der Waals surface area (Å²) in [5.74, 6) is 0.337. The largest absolute Gasteiger partial charge is 0.345 e. The number of hydrogen-bond acceptors (Lipinski definition) is 5. The van der Waals surface area contributed by atoms with E-state index in [1.165, 1.54) is 18.3 Å². The summed E-state index contributed by atoms with van der Waals surface area (Å²) in [7, 11) is 0. The van der Waals surface area contributed by atoms with E-state index in [9.17, 15) is 9.59 Å². The van der Waals surface area contributed by atoms with Crippen molar-refractivity contribution in [2.75, 3.05) is 18.4 Å². The van der Waals surface area contributed by atoms with Crippen LogP contribution in [0.5, 0.6) is 0 Å². The Hall–Kier alpha value is -2.25. The molecule has 3 aliphatic heterocycles. The number of benzene rings is 1. The topological polar surface area (TPSA) is 74.3 Å². The third-order valence-corrected chi connectivity index (χ3v) is 6.71. The van der Waals surface area contributed by atoms with Crippen molar-refractivity contribution in [3.05, 3.63) is 35.5 Å². The van der Waals surface area contributed by atoms with E-state index in [-0.39, 0.29) is 17.9 Å². The number of carbonyl (C=O) groups excluding carboxylic acids is 2. The molecule has 0 unspecified atom stereocenters. The van der Waals surface area contributed by atoms with Gasteiger partial charge in [-0.3, -0.25) is 14.5 Å². The van der Waals surface area contributed by atoms with Gasteiger partial charge >= 0.3 is 0 Å². The predicted molar refractivity (Wildman–Crippen MR) is 107 cm³/mol. The summed E-state index contributed by atoms with van der Waals surface area (Å²) < 4.78 is 0. The Bertz CT molecular complexity index is 855. The molecule has 2 N–H and O–H groups in total. The maximum atomic E-state index is 12.8. The van der Waals surface area contributed by atoms with E-state index in [1.807, 2.05) is 24.3 Å². The first-order chi connectivity index (χ1) is 13.0. The SMILES string of the molecule is CC(=O)Nc1ccccc1-c1cnc(C(=O)N[C@@H]2C3CCN(CC3)[C@H]2C)s1. The van der Waals surface area contributed by atoms with Crippen molar-refractivity contribution in [1.29, 1.82) is 0 Å². The maximum absolute atomic E-state index is 12.8. The second-order valence-electron chi connectivity index (χ2n) is 7.37. The van der Waals surface area contributed by atoms with Gasteiger partial charge in [-0.05, 0) is 44.8 Å². The van der Waals surface area contributed by atoms with E-state index < -0.39 is 0 Å². The van der Waals surface area contributed by atoms with Gasteiger partial charge in [-0.2, -0.15) is 0 Å². The lowest BCUT2D eigenvalue weighted by Gasteiger charge is -2.49. The fourth-order valence-electron chi connectivity index (χ4n) is 4.26. The quantitative estimate of drug-likeness (QED) is 0.850. The Morgan fingerprint density at radius 1 is 1.22 bits per heavy atom. The van der Waals surface area contributed by atoms with Gasteiger partial charge in [-0.15, -0.1) is 11.3 Å². The standard InChI is InChI=1S/C20H24N4O2S/c1-12-18(14-7-9-24(12)10-8-14)23-19(26)20-21-11-17(27-20)15-5-3-4-6-16(15)22-13(2)25/h3-6,11-12,14,18H,7-10H2,1-2H3,(H,22,25)(H,23,26)/t12-,18-/m0/s1. The summed E-state index contributed by atoms with van der Waals surface area (Å²) in [6.07, 6.45) is 4.02. The number of fused-ring (bicyclic) bond motifs is 3. The lowest BCUT2D eigenvalue weighted by atomic mass is 9.79. The molecule has 142 valence electrons. The summed E-state index contributed by atoms with van der Waals surface area (Å²) in [5.41, 5.74) is 1.60. The number of nitrogens with zero attached hydrogens (tertiary/aromatic N) is 2. The lowest BCUT2D eigenvalue weighted by molar-refractivity contribution is -0.114. The molecular weight excluding hydrogens is 360 g/mol. The molecule has 3 saturated heterocycles. The highest BCUT2D eigenvalue weighted by molar-refractivity contribution is 7.17. The van der Waals surface area contributed by atoms with Crippen molar-refractivity contribution >= 4 is 28.8 Å². The highest BCUT2D eigenvalue weighted by atomic mass is 32.1. The number of para-hydroxylation sites is 1. The Labute approximate surface area is 163 Å². The maximum Gasteiger partial charge on any atom is 0.280 e. The van der Waals surface area contributed by atoms with Crippen LogP contribution in [0.25, 0.3) is 10.4 Å². The van der Waals surface area contributed by atoms with E-state index in [2.05, 4.69) is 27.4 Å². The molecular formula is C20H24N4O2S. The second-order valence-corrected chi connectivity index (χ2v) is 8.40. The summed E-state index contributed by atoms with van der Waals surface area (Å²) >= 11 is 1.36. The van der Waals surface area contributed by atoms with Crippen molar-refractivity contribution in [3.63, 3.8) is 0 Å². The van der Waals surface area contributed by atoms with E-state index in [0.29, 0.717) is 17.0 Å². The summed E-state index contributed by atoms with van der Waals surface area (Å²) in [4.78, 5) is 31.9. The van der Waals surface area contributed by atoms with E-state index in [1.54, 1.807) is 6.20 Å². The molecule has 27 heavy (non-hydrogen) atoms. The fraction of sp³-hybridized carbons (Fsp3) is 0.450. The van der Waals surface area contributed by atoms with Gasteiger partial charge in [-0.25, -0.2) is 4.98 Å². The van der Waals surface area contributed by atoms with Gasteiger partial charge in [0.05, 0.1) is 4.88 Å². The molecule has 3 fully saturated rings. The molecule has 2 bridgehead atoms. The summed E-state index contributed by atoms with van der Waals surface area (Å²) in [6, 6.07) is 8.13. The van der Waals surface area contributed by atoms with Crippen LogP contribution in [0.2, 0.25) is 0 Å². The van der Waals surface area contributed by atoms with Gasteiger partial charge in [-0.1, -0.05) is 18.2 Å². The van der Waals surface area contributed by atoms with Crippen molar-refractivity contribution in [2.24, 2.45) is 5.92 Å². The van der Waals surface area contributed by atoms with Crippen LogP contribution in [0.3, 0.4) is 0 Å². The number of anilines is 1. The number of nitrogens with one attached hydrogen (secondary N) is 2. The first kappa shape index (κ1) is 18.1. The summed E-state index contributed by atoms with van der Waals surface area (Å²) in [6.45, 7) is 5.96. The Balaban J connectivity index is 1.51. The molecule has 6 nitrogen and oxygen atoms in total. The molecule has 0 radical (unpaired) electrons. The normalized spacial score (nSPS) is 26.6. The van der Waals surface area contributed by atoms with Crippen LogP contribution in [-0.2, 0) is 4.79 Å². The number of rotatable bonds is 4. The Kier molecular flexibility index (Phi) is 4.97. The average molecular weight is 385 g/mol. The lowest BCUT2D eigenvalue weighted by Crippen LogP contribution is -2.62. The molecule has 2 amide bonds. The molecule has 0 spiro atoms. The third kappa shape index (κ3) is 3.61. The van der Waals surface area contributed by atoms with Gasteiger partial charge in [0.15, 0.2) is 5.01 Å². The van der Waals surface area contributed by atoms with Gasteiger partial charge < -0.3 is 10.6 Å². The van der Waals surface area contributed by atoms with Crippen molar-refractivity contribution < 1.29 is 9.59 Å². The minimum atomic E-state index is -0.124. The van der Waals surface area contributed by atoms with Crippen molar-refractivity contribution in [1.82, 2.24) is 15.2 Å². The Morgan fingerprint density at radius 2 is 1.96 bits per heavy atom. The number of amides is 2. The van der Waals surface area contributed by atoms with Crippen LogP contribution < -0.4 is 10.6 Å². The first-order valence-corrected chi connectivity index (χ1v) is 10.2. The zero-order valence-electron chi connectivity index (χ0n) is 15.6. The fourth-order valence-corrected chi connectivity index (χ4v) is 5.12. The highest BCUT2D eigenvalue weighted by Gasteiger charge is 2.40. The molecule has 0 saturated carbocycles. The van der Waals surface area contributed by atoms with E-state index in [0.717, 1.165) is 42.1 Å². The molecule has 3 aliphatic rings. The Morgan fingerprint density at radius 3 is 2.67 bits per heavy atom. The minimum absolute atomic E-state index is 0.103. The van der Waals surface area contributed by atoms with Crippen LogP contribution >= 0.6 is 11.3 Å². The van der Waals surface area contributed by atoms with Crippen LogP contribution in [0.15, 0.2) is 30.5 Å². The number of piperidine rings is 3. The monoisotopic (exact) mass is 384 g/mol.